The van der Waals surface area contributed by atoms with Crippen LogP contribution in [0.1, 0.15) is 25.0 Å². The standard InChI is InChI=1S/C39H25BrN2O.C37H26BrNS.C30H18BrNOS/c40-30-17-12-28(13-18-30)33-22-23-36(39-37(33)35-21-16-27-7-4-5-11-34(27)38(35)43-39)42(31-9-2-1-3-10-31)32-19-14-26(15-20-32)29-8-6-24-41-25-29;1-37(2)31-13-7-5-11-28(31)29-18-17-26(20-32(29)37)39(25-16-15-23-9-3-4-10-24(23)19-25)27-21-33(38)36-30-12-6-8-14-34(30)40-35(36)22-27;31-19-16-25-23-11-5-7-13-29(23)34-30(25)26(17-19)32(20-8-2-1-3-9-20)21-14-15-28-24(18-21)22-10-4-6-12-27(22)33-28/h1-25H;3-22H,1-2H3;1-18H. The summed E-state index contributed by atoms with van der Waals surface area (Å²) in [6, 6.07) is 132. The Labute approximate surface area is 709 Å². The van der Waals surface area contributed by atoms with E-state index in [1.54, 1.807) is 6.20 Å². The summed E-state index contributed by atoms with van der Waals surface area (Å²) in [4.78, 5) is 11.4. The number of para-hydroxylation sites is 3. The molecule has 0 bridgehead atoms. The highest BCUT2D eigenvalue weighted by atomic mass is 79.9. The van der Waals surface area contributed by atoms with Crippen molar-refractivity contribution in [3.05, 3.63) is 407 Å². The van der Waals surface area contributed by atoms with Gasteiger partial charge in [0.2, 0.25) is 0 Å². The summed E-state index contributed by atoms with van der Waals surface area (Å²) in [7, 11) is 0. The monoisotopic (exact) mass is 1730 g/mol. The van der Waals surface area contributed by atoms with E-state index in [1.807, 2.05) is 53.1 Å². The number of benzene rings is 17. The summed E-state index contributed by atoms with van der Waals surface area (Å²) in [5.41, 5.74) is 23.4. The molecule has 0 aliphatic heterocycles. The molecule has 0 amide bonds. The van der Waals surface area contributed by atoms with Crippen LogP contribution in [0.4, 0.5) is 51.2 Å². The topological polar surface area (TPSA) is 48.9 Å². The van der Waals surface area contributed by atoms with Crippen LogP contribution in [0.5, 0.6) is 0 Å². The molecule has 22 aromatic rings. The predicted molar refractivity (Wildman–Crippen MR) is 508 cm³/mol. The molecule has 0 saturated heterocycles. The first-order valence-corrected chi connectivity index (χ1v) is 43.0. The molecule has 5 aromatic heterocycles. The molecular weight excluding hydrogens is 1670 g/mol. The average molecular weight is 1730 g/mol. The maximum Gasteiger partial charge on any atom is 0.160 e. The average Bonchev–Trinajstić information content (AvgIpc) is 1.59. The van der Waals surface area contributed by atoms with Crippen molar-refractivity contribution >= 4 is 227 Å². The molecule has 0 spiro atoms. The number of furan rings is 2. The summed E-state index contributed by atoms with van der Waals surface area (Å²) in [5, 5.41) is 14.4. The Hall–Kier alpha value is -12.7. The lowest BCUT2D eigenvalue weighted by Gasteiger charge is -2.28. The summed E-state index contributed by atoms with van der Waals surface area (Å²) < 4.78 is 21.4. The highest BCUT2D eigenvalue weighted by Gasteiger charge is 2.36. The van der Waals surface area contributed by atoms with Gasteiger partial charge in [-0.2, -0.15) is 0 Å². The quantitative estimate of drug-likeness (QED) is 0.129. The predicted octanol–water partition coefficient (Wildman–Crippen LogP) is 33.6. The molecule has 5 heterocycles. The van der Waals surface area contributed by atoms with Crippen molar-refractivity contribution in [1.82, 2.24) is 4.98 Å². The molecule has 117 heavy (non-hydrogen) atoms. The first-order valence-electron chi connectivity index (χ1n) is 39.0. The van der Waals surface area contributed by atoms with E-state index in [0.29, 0.717) is 0 Å². The van der Waals surface area contributed by atoms with Crippen molar-refractivity contribution in [3.63, 3.8) is 0 Å². The number of anilines is 9. The molecule has 0 unspecified atom stereocenters. The molecule has 0 radical (unpaired) electrons. The summed E-state index contributed by atoms with van der Waals surface area (Å²) in [5.74, 6) is 0. The van der Waals surface area contributed by atoms with E-state index in [4.69, 9.17) is 8.83 Å². The first kappa shape index (κ1) is 72.0. The summed E-state index contributed by atoms with van der Waals surface area (Å²) in [6.45, 7) is 4.70. The number of hydrogen-bond acceptors (Lipinski definition) is 8. The van der Waals surface area contributed by atoms with Gasteiger partial charge in [0.1, 0.15) is 16.7 Å². The third-order valence-corrected chi connectivity index (χ3v) is 26.7. The van der Waals surface area contributed by atoms with E-state index < -0.39 is 0 Å². The minimum Gasteiger partial charge on any atom is -0.456 e. The molecule has 0 saturated carbocycles. The van der Waals surface area contributed by atoms with Crippen molar-refractivity contribution in [1.29, 1.82) is 0 Å². The van der Waals surface area contributed by atoms with E-state index in [1.165, 1.54) is 79.1 Å². The lowest BCUT2D eigenvalue weighted by Crippen LogP contribution is -2.16. The molecule has 0 fully saturated rings. The number of thiophene rings is 2. The Morgan fingerprint density at radius 1 is 0.299 bits per heavy atom. The number of halogens is 3. The second kappa shape index (κ2) is 29.8. The molecular formula is C106H69Br3N4O2S2. The van der Waals surface area contributed by atoms with Crippen LogP contribution >= 0.6 is 70.5 Å². The Balaban J connectivity index is 0.000000110. The van der Waals surface area contributed by atoms with Crippen LogP contribution in [0.2, 0.25) is 0 Å². The summed E-state index contributed by atoms with van der Waals surface area (Å²) >= 11 is 15.1. The molecule has 6 nitrogen and oxygen atoms in total. The Bertz CT molecular complexity index is 7610. The van der Waals surface area contributed by atoms with Crippen molar-refractivity contribution < 1.29 is 8.83 Å². The van der Waals surface area contributed by atoms with E-state index in [9.17, 15) is 0 Å². The van der Waals surface area contributed by atoms with Crippen LogP contribution in [0.3, 0.4) is 0 Å². The number of aromatic nitrogens is 1. The Kier molecular flexibility index (Phi) is 18.4. The van der Waals surface area contributed by atoms with Crippen LogP contribution in [-0.4, -0.2) is 4.98 Å². The van der Waals surface area contributed by atoms with Gasteiger partial charge < -0.3 is 23.5 Å². The normalized spacial score (nSPS) is 12.2. The lowest BCUT2D eigenvalue weighted by atomic mass is 9.82. The van der Waals surface area contributed by atoms with E-state index in [0.717, 1.165) is 136 Å². The van der Waals surface area contributed by atoms with Crippen molar-refractivity contribution in [3.8, 4) is 33.4 Å². The van der Waals surface area contributed by atoms with Gasteiger partial charge in [0.15, 0.2) is 5.58 Å². The third-order valence-electron chi connectivity index (χ3n) is 22.8. The number of nitrogens with zero attached hydrogens (tertiary/aromatic N) is 4. The smallest absolute Gasteiger partial charge is 0.160 e. The van der Waals surface area contributed by atoms with Crippen LogP contribution in [0.15, 0.2) is 405 Å². The Morgan fingerprint density at radius 2 is 0.889 bits per heavy atom. The lowest BCUT2D eigenvalue weighted by molar-refractivity contribution is 0.660. The van der Waals surface area contributed by atoms with Gasteiger partial charge in [0.05, 0.1) is 16.1 Å². The van der Waals surface area contributed by atoms with Gasteiger partial charge in [-0.15, -0.1) is 22.7 Å². The zero-order chi connectivity index (χ0) is 78.4. The van der Waals surface area contributed by atoms with Crippen molar-refractivity contribution in [2.24, 2.45) is 0 Å². The zero-order valence-electron chi connectivity index (χ0n) is 63.4. The first-order chi connectivity index (χ1) is 57.5. The molecule has 11 heteroatoms. The minimum atomic E-state index is -0.0625. The second-order valence-corrected chi connectivity index (χ2v) is 34.9. The van der Waals surface area contributed by atoms with Gasteiger partial charge in [-0.25, -0.2) is 0 Å². The SMILES string of the molecule is Brc1cc(N(c2ccccc2)c2ccc3oc4ccccc4c3c2)c2sc3ccccc3c2c1.Brc1ccc(-c2ccc(N(c3ccccc3)c3ccc(-c4cccnc4)cc3)c3oc4c5ccccc5ccc4c23)cc1.CC1(C)c2ccccc2-c2ccc(N(c3ccc4ccccc4c3)c3cc(Br)c4c(c3)sc3ccccc34)cc21. The van der Waals surface area contributed by atoms with Crippen LogP contribution < -0.4 is 14.7 Å². The largest absolute Gasteiger partial charge is 0.456 e. The van der Waals surface area contributed by atoms with Crippen molar-refractivity contribution in [2.75, 3.05) is 14.7 Å². The number of hydrogen-bond donors (Lipinski definition) is 0. The van der Waals surface area contributed by atoms with Crippen molar-refractivity contribution in [2.45, 2.75) is 19.3 Å². The van der Waals surface area contributed by atoms with Gasteiger partial charge in [-0.1, -0.05) is 280 Å². The van der Waals surface area contributed by atoms with Crippen LogP contribution in [0.25, 0.3) is 139 Å². The van der Waals surface area contributed by atoms with E-state index in [-0.39, 0.29) is 5.41 Å². The fraction of sp³-hybridized carbons (Fsp3) is 0.0283. The highest BCUT2D eigenvalue weighted by molar-refractivity contribution is 9.11. The highest BCUT2D eigenvalue weighted by Crippen LogP contribution is 2.54. The zero-order valence-corrected chi connectivity index (χ0v) is 69.8. The fourth-order valence-electron chi connectivity index (χ4n) is 17.3. The van der Waals surface area contributed by atoms with Crippen LogP contribution in [-0.2, 0) is 5.41 Å². The molecule has 23 rings (SSSR count). The van der Waals surface area contributed by atoms with Crippen LogP contribution in [0, 0.1) is 0 Å². The van der Waals surface area contributed by atoms with Gasteiger partial charge in [0, 0.05) is 134 Å². The third kappa shape index (κ3) is 12.9. The molecule has 558 valence electrons. The Morgan fingerprint density at radius 3 is 1.67 bits per heavy atom. The maximum atomic E-state index is 6.94. The molecule has 1 aliphatic rings. The van der Waals surface area contributed by atoms with Gasteiger partial charge >= 0.3 is 0 Å². The number of fused-ring (bicyclic) bond motifs is 18. The molecule has 1 aliphatic carbocycles. The second-order valence-electron chi connectivity index (χ2n) is 30.1. The van der Waals surface area contributed by atoms with E-state index >= 15 is 0 Å². The fourth-order valence-corrected chi connectivity index (χ4v) is 21.1. The minimum absolute atomic E-state index is 0.0625. The summed E-state index contributed by atoms with van der Waals surface area (Å²) in [6.07, 6.45) is 3.70. The number of rotatable bonds is 11. The van der Waals surface area contributed by atoms with Gasteiger partial charge in [0.25, 0.3) is 0 Å². The number of pyridine rings is 1. The van der Waals surface area contributed by atoms with Gasteiger partial charge in [-0.3, -0.25) is 4.98 Å². The molecule has 17 aromatic carbocycles. The molecule has 0 N–H and O–H groups in total. The molecule has 0 atom stereocenters. The van der Waals surface area contributed by atoms with E-state index in [2.05, 4.69) is 427 Å². The maximum absolute atomic E-state index is 6.94. The van der Waals surface area contributed by atoms with Gasteiger partial charge in [-0.05, 0) is 212 Å².